The summed E-state index contributed by atoms with van der Waals surface area (Å²) in [6, 6.07) is 12.1. The van der Waals surface area contributed by atoms with Crippen LogP contribution in [0.2, 0.25) is 0 Å². The highest BCUT2D eigenvalue weighted by Crippen LogP contribution is 2.29. The molecule has 0 bridgehead atoms. The number of fused-ring (bicyclic) bond motifs is 1. The fraction of sp³-hybridized carbons (Fsp3) is 0.333. The predicted octanol–water partition coefficient (Wildman–Crippen LogP) is 3.14. The molecule has 0 unspecified atom stereocenters. The first-order chi connectivity index (χ1) is 8.34. The van der Waals surface area contributed by atoms with Crippen molar-refractivity contribution in [3.63, 3.8) is 0 Å². The molecule has 0 amide bonds. The summed E-state index contributed by atoms with van der Waals surface area (Å²) in [6.45, 7) is 3.18. The summed E-state index contributed by atoms with van der Waals surface area (Å²) in [7, 11) is 0. The number of hydrogen-bond donors (Lipinski definition) is 1. The van der Waals surface area contributed by atoms with Gasteiger partial charge in [0.2, 0.25) is 0 Å². The lowest BCUT2D eigenvalue weighted by Crippen LogP contribution is -2.18. The van der Waals surface area contributed by atoms with Gasteiger partial charge in [-0.25, -0.2) is 0 Å². The van der Waals surface area contributed by atoms with Crippen molar-refractivity contribution >= 4 is 10.8 Å². The summed E-state index contributed by atoms with van der Waals surface area (Å²) in [5.74, 6) is 0.426. The molecule has 0 radical (unpaired) electrons. The van der Waals surface area contributed by atoms with Crippen LogP contribution in [0.3, 0.4) is 0 Å². The molecule has 1 fully saturated rings. The molecule has 0 saturated carbocycles. The number of hydrogen-bond acceptors (Lipinski definition) is 2. The number of likely N-dealkylation sites (tertiary alicyclic amines) is 1. The molecule has 2 nitrogen and oxygen atoms in total. The van der Waals surface area contributed by atoms with E-state index in [-0.39, 0.29) is 0 Å². The molecule has 17 heavy (non-hydrogen) atoms. The Morgan fingerprint density at radius 1 is 1.00 bits per heavy atom. The van der Waals surface area contributed by atoms with Gasteiger partial charge >= 0.3 is 0 Å². The summed E-state index contributed by atoms with van der Waals surface area (Å²) >= 11 is 0. The zero-order valence-electron chi connectivity index (χ0n) is 9.89. The number of phenolic OH excluding ortho intramolecular Hbond substituents is 1. The largest absolute Gasteiger partial charge is 0.508 e. The first-order valence-electron chi connectivity index (χ1n) is 6.26. The smallest absolute Gasteiger partial charge is 0.120 e. The minimum atomic E-state index is 0.426. The molecule has 0 spiro atoms. The van der Waals surface area contributed by atoms with Gasteiger partial charge in [-0.15, -0.1) is 0 Å². The predicted molar refractivity (Wildman–Crippen MR) is 70.1 cm³/mol. The third-order valence-corrected chi connectivity index (χ3v) is 3.60. The highest BCUT2D eigenvalue weighted by Gasteiger charge is 2.15. The van der Waals surface area contributed by atoms with E-state index in [2.05, 4.69) is 17.0 Å². The molecule has 2 heteroatoms. The minimum Gasteiger partial charge on any atom is -0.508 e. The van der Waals surface area contributed by atoms with Crippen molar-refractivity contribution in [1.29, 1.82) is 0 Å². The van der Waals surface area contributed by atoms with Gasteiger partial charge in [0.15, 0.2) is 0 Å². The Labute approximate surface area is 101 Å². The SMILES string of the molecule is Oc1ccc2ccccc2c1CN1CCCC1. The van der Waals surface area contributed by atoms with Crippen molar-refractivity contribution in [2.75, 3.05) is 13.1 Å². The average molecular weight is 227 g/mol. The maximum Gasteiger partial charge on any atom is 0.120 e. The third kappa shape index (κ3) is 2.01. The van der Waals surface area contributed by atoms with Crippen LogP contribution in [0.5, 0.6) is 5.75 Å². The van der Waals surface area contributed by atoms with Gasteiger partial charge in [0.05, 0.1) is 0 Å². The molecule has 2 aromatic carbocycles. The highest BCUT2D eigenvalue weighted by atomic mass is 16.3. The Bertz CT molecular complexity index is 529. The number of aromatic hydroxyl groups is 1. The molecule has 0 aromatic heterocycles. The number of nitrogens with zero attached hydrogens (tertiary/aromatic N) is 1. The van der Waals surface area contributed by atoms with Crippen molar-refractivity contribution in [1.82, 2.24) is 4.90 Å². The summed E-state index contributed by atoms with van der Waals surface area (Å²) in [5.41, 5.74) is 1.07. The van der Waals surface area contributed by atoms with Crippen LogP contribution < -0.4 is 0 Å². The quantitative estimate of drug-likeness (QED) is 0.852. The van der Waals surface area contributed by atoms with Crippen molar-refractivity contribution < 1.29 is 5.11 Å². The summed E-state index contributed by atoms with van der Waals surface area (Å²) in [6.07, 6.45) is 2.57. The van der Waals surface area contributed by atoms with Crippen molar-refractivity contribution in [3.8, 4) is 5.75 Å². The highest BCUT2D eigenvalue weighted by molar-refractivity contribution is 5.87. The van der Waals surface area contributed by atoms with Crippen LogP contribution in [0.25, 0.3) is 10.8 Å². The summed E-state index contributed by atoms with van der Waals surface area (Å²) in [5, 5.41) is 12.4. The van der Waals surface area contributed by atoms with E-state index in [0.717, 1.165) is 25.2 Å². The molecule has 0 aliphatic carbocycles. The van der Waals surface area contributed by atoms with E-state index >= 15 is 0 Å². The summed E-state index contributed by atoms with van der Waals surface area (Å²) in [4.78, 5) is 2.42. The molecule has 0 atom stereocenters. The van der Waals surface area contributed by atoms with Crippen molar-refractivity contribution in [2.45, 2.75) is 19.4 Å². The maximum atomic E-state index is 10.0. The number of rotatable bonds is 2. The van der Waals surface area contributed by atoms with Gasteiger partial charge in [-0.3, -0.25) is 4.90 Å². The molecule has 1 saturated heterocycles. The van der Waals surface area contributed by atoms with Crippen LogP contribution >= 0.6 is 0 Å². The van der Waals surface area contributed by atoms with Gasteiger partial charge in [-0.2, -0.15) is 0 Å². The van der Waals surface area contributed by atoms with E-state index in [4.69, 9.17) is 0 Å². The van der Waals surface area contributed by atoms with Gasteiger partial charge in [0.1, 0.15) is 5.75 Å². The second-order valence-corrected chi connectivity index (χ2v) is 4.77. The third-order valence-electron chi connectivity index (χ3n) is 3.60. The van der Waals surface area contributed by atoms with Gasteiger partial charge < -0.3 is 5.11 Å². The zero-order chi connectivity index (χ0) is 11.7. The van der Waals surface area contributed by atoms with E-state index in [9.17, 15) is 5.11 Å². The fourth-order valence-electron chi connectivity index (χ4n) is 2.65. The standard InChI is InChI=1S/C15H17NO/c17-15-8-7-12-5-1-2-6-13(12)14(15)11-16-9-3-4-10-16/h1-2,5-8,17H,3-4,9-11H2. The van der Waals surface area contributed by atoms with Gasteiger partial charge in [0.25, 0.3) is 0 Å². The second kappa shape index (κ2) is 4.38. The second-order valence-electron chi connectivity index (χ2n) is 4.77. The van der Waals surface area contributed by atoms with Crippen molar-refractivity contribution in [2.24, 2.45) is 0 Å². The van der Waals surface area contributed by atoms with Crippen LogP contribution in [-0.2, 0) is 6.54 Å². The lowest BCUT2D eigenvalue weighted by molar-refractivity contribution is 0.325. The first kappa shape index (κ1) is 10.6. The monoisotopic (exact) mass is 227 g/mol. The Morgan fingerprint density at radius 2 is 1.76 bits per heavy atom. The molecule has 3 rings (SSSR count). The van der Waals surface area contributed by atoms with E-state index < -0.39 is 0 Å². The fourth-order valence-corrected chi connectivity index (χ4v) is 2.65. The van der Waals surface area contributed by atoms with Crippen LogP contribution in [0, 0.1) is 0 Å². The lowest BCUT2D eigenvalue weighted by atomic mass is 10.0. The molecule has 88 valence electrons. The average Bonchev–Trinajstić information content (AvgIpc) is 2.86. The Kier molecular flexibility index (Phi) is 2.73. The van der Waals surface area contributed by atoms with Crippen molar-refractivity contribution in [3.05, 3.63) is 42.0 Å². The van der Waals surface area contributed by atoms with E-state index in [1.165, 1.54) is 23.6 Å². The molecule has 1 aliphatic heterocycles. The molecule has 1 N–H and O–H groups in total. The molecule has 1 heterocycles. The minimum absolute atomic E-state index is 0.426. The molecule has 2 aromatic rings. The molecular formula is C15H17NO. The van der Waals surface area contributed by atoms with E-state index in [0.29, 0.717) is 5.75 Å². The van der Waals surface area contributed by atoms with Gasteiger partial charge in [-0.05, 0) is 42.8 Å². The number of benzene rings is 2. The topological polar surface area (TPSA) is 23.5 Å². The molecule has 1 aliphatic rings. The van der Waals surface area contributed by atoms with Crippen LogP contribution in [0.4, 0.5) is 0 Å². The first-order valence-corrected chi connectivity index (χ1v) is 6.26. The van der Waals surface area contributed by atoms with Gasteiger partial charge in [0, 0.05) is 12.1 Å². The summed E-state index contributed by atoms with van der Waals surface area (Å²) < 4.78 is 0. The van der Waals surface area contributed by atoms with Gasteiger partial charge in [-0.1, -0.05) is 30.3 Å². The Hall–Kier alpha value is -1.54. The zero-order valence-corrected chi connectivity index (χ0v) is 9.89. The maximum absolute atomic E-state index is 10.0. The van der Waals surface area contributed by atoms with E-state index in [1.54, 1.807) is 0 Å². The Morgan fingerprint density at radius 3 is 2.59 bits per heavy atom. The normalized spacial score (nSPS) is 16.7. The molecular weight excluding hydrogens is 210 g/mol. The lowest BCUT2D eigenvalue weighted by Gasteiger charge is -2.17. The van der Waals surface area contributed by atoms with Crippen LogP contribution in [0.1, 0.15) is 18.4 Å². The van der Waals surface area contributed by atoms with Crippen LogP contribution in [-0.4, -0.2) is 23.1 Å². The van der Waals surface area contributed by atoms with E-state index in [1.807, 2.05) is 24.3 Å². The van der Waals surface area contributed by atoms with Crippen LogP contribution in [0.15, 0.2) is 36.4 Å². The number of phenols is 1. The Balaban J connectivity index is 2.03.